The van der Waals surface area contributed by atoms with Gasteiger partial charge in [0.1, 0.15) is 0 Å². The molecule has 0 spiro atoms. The Morgan fingerprint density at radius 3 is 2.26 bits per heavy atom. The molecule has 0 aliphatic rings. The van der Waals surface area contributed by atoms with E-state index in [4.69, 9.17) is 10.1 Å². The van der Waals surface area contributed by atoms with Crippen LogP contribution in [0.15, 0.2) is 90.7 Å². The van der Waals surface area contributed by atoms with Gasteiger partial charge in [0.2, 0.25) is 0 Å². The number of aliphatic hydroxyl groups is 1. The van der Waals surface area contributed by atoms with Crippen molar-refractivity contribution in [1.29, 1.82) is 0 Å². The topological polar surface area (TPSA) is 50.2 Å². The van der Waals surface area contributed by atoms with Crippen LogP contribution >= 0.6 is 11.3 Å². The zero-order chi connectivity index (χ0) is 26.1. The molecular weight excluding hydrogens is 667 g/mol. The van der Waals surface area contributed by atoms with Crippen LogP contribution < -0.4 is 0 Å². The van der Waals surface area contributed by atoms with Crippen molar-refractivity contribution >= 4 is 59.0 Å². The fourth-order valence-electron chi connectivity index (χ4n) is 4.81. The third kappa shape index (κ3) is 5.28. The molecule has 38 heavy (non-hydrogen) atoms. The number of hydrogen-bond acceptors (Lipinski definition) is 4. The number of carbonyl (C=O) groups is 1. The van der Waals surface area contributed by atoms with Gasteiger partial charge in [0.25, 0.3) is 0 Å². The van der Waals surface area contributed by atoms with E-state index >= 15 is 0 Å². The summed E-state index contributed by atoms with van der Waals surface area (Å²) in [5, 5.41) is 14.7. The Morgan fingerprint density at radius 2 is 1.58 bits per heavy atom. The summed E-state index contributed by atoms with van der Waals surface area (Å²) in [6, 6.07) is 31.4. The van der Waals surface area contributed by atoms with Gasteiger partial charge < -0.3 is 5.11 Å². The van der Waals surface area contributed by atoms with Crippen molar-refractivity contribution in [3.8, 4) is 11.3 Å². The molecule has 0 unspecified atom stereocenters. The number of pyridine rings is 1. The number of nitrogens with zero attached hydrogens (tertiary/aromatic N) is 1. The third-order valence-electron chi connectivity index (χ3n) is 6.36. The molecule has 193 valence electrons. The van der Waals surface area contributed by atoms with Crippen LogP contribution in [0.4, 0.5) is 0 Å². The van der Waals surface area contributed by atoms with Crippen LogP contribution in [0.3, 0.4) is 0 Å². The van der Waals surface area contributed by atoms with Crippen LogP contribution in [-0.4, -0.2) is 15.9 Å². The van der Waals surface area contributed by atoms with Crippen molar-refractivity contribution in [2.75, 3.05) is 0 Å². The van der Waals surface area contributed by atoms with Crippen molar-refractivity contribution in [3.05, 3.63) is 102 Å². The van der Waals surface area contributed by atoms with E-state index in [1.807, 2.05) is 17.4 Å². The number of thiophene rings is 1. The fraction of sp³-hybridized carbons (Fsp3) is 0.152. The quantitative estimate of drug-likeness (QED) is 0.114. The largest absolute Gasteiger partial charge is 0.512 e. The number of allylic oxidation sites excluding steroid dienone is 2. The summed E-state index contributed by atoms with van der Waals surface area (Å²) in [7, 11) is 0. The van der Waals surface area contributed by atoms with Gasteiger partial charge in [-0.1, -0.05) is 79.9 Å². The van der Waals surface area contributed by atoms with Gasteiger partial charge in [-0.15, -0.1) is 40.5 Å². The molecule has 1 N–H and O–H groups in total. The summed E-state index contributed by atoms with van der Waals surface area (Å²) in [5.41, 5.74) is 4.57. The second-order valence-electron chi connectivity index (χ2n) is 9.50. The van der Waals surface area contributed by atoms with E-state index in [1.54, 1.807) is 0 Å². The third-order valence-corrected chi connectivity index (χ3v) is 7.62. The van der Waals surface area contributed by atoms with Crippen molar-refractivity contribution in [2.24, 2.45) is 0 Å². The van der Waals surface area contributed by atoms with Gasteiger partial charge >= 0.3 is 0 Å². The monoisotopic (exact) mass is 695 g/mol. The molecule has 2 heterocycles. The van der Waals surface area contributed by atoms with E-state index in [9.17, 15) is 4.79 Å². The molecule has 6 aromatic rings. The number of aliphatic hydroxyl groups excluding tert-OH is 1. The zero-order valence-electron chi connectivity index (χ0n) is 21.7. The van der Waals surface area contributed by atoms with Gasteiger partial charge in [0.05, 0.1) is 11.3 Å². The molecule has 0 atom stereocenters. The Labute approximate surface area is 240 Å². The van der Waals surface area contributed by atoms with E-state index in [0.717, 1.165) is 16.8 Å². The van der Waals surface area contributed by atoms with Crippen LogP contribution in [0.1, 0.15) is 39.2 Å². The maximum atomic E-state index is 10.0. The van der Waals surface area contributed by atoms with Gasteiger partial charge in [0.15, 0.2) is 5.78 Å². The molecule has 2 aromatic heterocycles. The predicted molar refractivity (Wildman–Crippen MR) is 158 cm³/mol. The SMILES string of the molecule is CC(=O)/C=C(/C)O.CC(C)c1cccc2c1sc1c(-c3[c-]ccc4ccccc34)nc3ccccc3c12.[Ir]. The molecule has 0 aliphatic heterocycles. The summed E-state index contributed by atoms with van der Waals surface area (Å²) < 4.78 is 2.63. The van der Waals surface area contributed by atoms with Gasteiger partial charge in [0, 0.05) is 57.4 Å². The first kappa shape index (κ1) is 27.7. The zero-order valence-corrected chi connectivity index (χ0v) is 24.9. The van der Waals surface area contributed by atoms with Crippen LogP contribution in [0.2, 0.25) is 0 Å². The van der Waals surface area contributed by atoms with Crippen LogP contribution in [0, 0.1) is 6.07 Å². The number of carbonyl (C=O) groups excluding carboxylic acids is 1. The number of aromatic nitrogens is 1. The number of para-hydroxylation sites is 1. The van der Waals surface area contributed by atoms with Crippen LogP contribution in [0.5, 0.6) is 0 Å². The van der Waals surface area contributed by atoms with E-state index in [0.29, 0.717) is 5.92 Å². The Kier molecular flexibility index (Phi) is 8.42. The molecule has 0 bridgehead atoms. The molecule has 0 saturated carbocycles. The summed E-state index contributed by atoms with van der Waals surface area (Å²) >= 11 is 1.88. The van der Waals surface area contributed by atoms with Crippen molar-refractivity contribution in [3.63, 3.8) is 0 Å². The summed E-state index contributed by atoms with van der Waals surface area (Å²) in [5.74, 6) is 0.418. The average molecular weight is 695 g/mol. The first-order valence-electron chi connectivity index (χ1n) is 12.4. The number of benzene rings is 4. The molecule has 0 amide bonds. The number of rotatable bonds is 3. The Balaban J connectivity index is 0.000000375. The molecule has 5 heteroatoms. The first-order valence-corrected chi connectivity index (χ1v) is 13.2. The average Bonchev–Trinajstić information content (AvgIpc) is 3.27. The Hall–Kier alpha value is -3.37. The van der Waals surface area contributed by atoms with Crippen molar-refractivity contribution < 1.29 is 30.0 Å². The van der Waals surface area contributed by atoms with Crippen LogP contribution in [0.25, 0.3) is 53.1 Å². The molecular formula is C33H28IrNO2S-. The second kappa shape index (κ2) is 11.6. The maximum Gasteiger partial charge on any atom is 0.155 e. The molecule has 6 rings (SSSR count). The number of ketones is 1. The molecule has 3 nitrogen and oxygen atoms in total. The van der Waals surface area contributed by atoms with Gasteiger partial charge in [-0.25, -0.2) is 0 Å². The Morgan fingerprint density at radius 1 is 0.895 bits per heavy atom. The van der Waals surface area contributed by atoms with Gasteiger partial charge in [-0.05, 0) is 31.4 Å². The number of fused-ring (bicyclic) bond motifs is 6. The Bertz CT molecular complexity index is 1810. The standard InChI is InChI=1S/C28H20NS.C5H8O2.Ir/c1-17(2)19-13-8-15-23-25-22-12-5-6-16-24(22)29-26(28(25)30-27(19)23)21-14-7-10-18-9-3-4-11-20(18)21;1-4(6)3-5(2)7;/h3-13,15-17H,1-2H3;3,6H,1-2H3;/q-1;;/b;4-3-;. The fourth-order valence-corrected chi connectivity index (χ4v) is 6.28. The van der Waals surface area contributed by atoms with Crippen molar-refractivity contribution in [2.45, 2.75) is 33.6 Å². The minimum absolute atomic E-state index is 0. The minimum atomic E-state index is -0.125. The smallest absolute Gasteiger partial charge is 0.155 e. The summed E-state index contributed by atoms with van der Waals surface area (Å²) in [6.07, 6.45) is 1.17. The first-order chi connectivity index (χ1) is 17.8. The second-order valence-corrected chi connectivity index (χ2v) is 10.5. The van der Waals surface area contributed by atoms with Crippen LogP contribution in [-0.2, 0) is 24.9 Å². The molecule has 0 saturated heterocycles. The van der Waals surface area contributed by atoms with E-state index in [2.05, 4.69) is 92.7 Å². The number of hydrogen-bond donors (Lipinski definition) is 1. The predicted octanol–water partition coefficient (Wildman–Crippen LogP) is 9.38. The maximum absolute atomic E-state index is 10.0. The normalized spacial score (nSPS) is 11.6. The van der Waals surface area contributed by atoms with Gasteiger partial charge in [-0.2, -0.15) is 0 Å². The van der Waals surface area contributed by atoms with Crippen molar-refractivity contribution in [1.82, 2.24) is 4.98 Å². The molecule has 1 radical (unpaired) electrons. The van der Waals surface area contributed by atoms with Gasteiger partial charge in [-0.3, -0.25) is 9.78 Å². The van der Waals surface area contributed by atoms with E-state index in [-0.39, 0.29) is 31.6 Å². The summed E-state index contributed by atoms with van der Waals surface area (Å²) in [6.45, 7) is 7.39. The molecule has 0 fully saturated rings. The molecule has 4 aromatic carbocycles. The minimum Gasteiger partial charge on any atom is -0.512 e. The van der Waals surface area contributed by atoms with E-state index in [1.165, 1.54) is 61.8 Å². The molecule has 0 aliphatic carbocycles. The van der Waals surface area contributed by atoms with E-state index < -0.39 is 0 Å². The summed E-state index contributed by atoms with van der Waals surface area (Å²) in [4.78, 5) is 15.2.